The summed E-state index contributed by atoms with van der Waals surface area (Å²) < 4.78 is 21.3. The molecular formula is C36H69N3O3. The molecule has 4 fully saturated rings. The summed E-state index contributed by atoms with van der Waals surface area (Å²) >= 11 is 0. The monoisotopic (exact) mass is 592 g/mol. The van der Waals surface area contributed by atoms with Crippen molar-refractivity contribution in [3.05, 3.63) is 0 Å². The molecule has 4 rings (SSSR count). The van der Waals surface area contributed by atoms with E-state index in [4.69, 9.17) is 14.2 Å². The maximum atomic E-state index is 7.20. The average Bonchev–Trinajstić information content (AvgIpc) is 2.80. The second-order valence-electron chi connectivity index (χ2n) is 18.6. The molecule has 0 aromatic rings. The molecule has 1 saturated carbocycles. The van der Waals surface area contributed by atoms with Crippen LogP contribution in [0.2, 0.25) is 0 Å². The highest BCUT2D eigenvalue weighted by atomic mass is 16.6. The van der Waals surface area contributed by atoms with Gasteiger partial charge in [0.25, 0.3) is 0 Å². The molecule has 3 atom stereocenters. The molecule has 0 amide bonds. The number of likely N-dealkylation sites (tertiary alicyclic amines) is 3. The van der Waals surface area contributed by atoms with Crippen LogP contribution >= 0.6 is 0 Å². The normalized spacial score (nSPS) is 36.2. The number of nitrogens with zero attached hydrogens (tertiary/aromatic N) is 3. The van der Waals surface area contributed by atoms with Gasteiger partial charge in [0.15, 0.2) is 0 Å². The Morgan fingerprint density at radius 2 is 0.667 bits per heavy atom. The zero-order valence-corrected chi connectivity index (χ0v) is 30.4. The van der Waals surface area contributed by atoms with Gasteiger partial charge in [-0.15, -0.1) is 0 Å². The maximum Gasteiger partial charge on any atom is 0.0865 e. The molecule has 3 aliphatic heterocycles. The number of hydrogen-bond donors (Lipinski definition) is 0. The first-order valence-corrected chi connectivity index (χ1v) is 17.1. The van der Waals surface area contributed by atoms with Gasteiger partial charge in [-0.3, -0.25) is 14.7 Å². The third-order valence-electron chi connectivity index (χ3n) is 12.6. The van der Waals surface area contributed by atoms with Gasteiger partial charge < -0.3 is 14.2 Å². The van der Waals surface area contributed by atoms with Crippen LogP contribution in [0.15, 0.2) is 0 Å². The van der Waals surface area contributed by atoms with E-state index in [1.165, 1.54) is 0 Å². The first-order valence-electron chi connectivity index (χ1n) is 17.1. The molecule has 246 valence electrons. The smallest absolute Gasteiger partial charge is 0.0865 e. The zero-order chi connectivity index (χ0) is 31.7. The second-order valence-corrected chi connectivity index (χ2v) is 18.6. The lowest BCUT2D eigenvalue weighted by atomic mass is 9.78. The molecule has 6 heteroatoms. The van der Waals surface area contributed by atoms with Gasteiger partial charge >= 0.3 is 0 Å². The third kappa shape index (κ3) is 7.25. The third-order valence-corrected chi connectivity index (χ3v) is 12.6. The van der Waals surface area contributed by atoms with Gasteiger partial charge in [-0.2, -0.15) is 0 Å². The Morgan fingerprint density at radius 3 is 1.00 bits per heavy atom. The standard InChI is InChI=1S/C36H69N3O3/c1-31(2)19-26(20-32(3,4)37(31)13)40-25-16-17-29(41-27-21-33(5,6)38(14)34(7,8)22-27)30(18-25)42-28-23-35(9,10)39(15)36(11,12)24-28/h25-30H,16-24H2,1-15H3. The van der Waals surface area contributed by atoms with Gasteiger partial charge in [-0.25, -0.2) is 0 Å². The van der Waals surface area contributed by atoms with Gasteiger partial charge in [0.2, 0.25) is 0 Å². The fourth-order valence-corrected chi connectivity index (χ4v) is 9.38. The zero-order valence-electron chi connectivity index (χ0n) is 30.4. The minimum Gasteiger partial charge on any atom is -0.375 e. The van der Waals surface area contributed by atoms with Crippen molar-refractivity contribution in [3.8, 4) is 0 Å². The van der Waals surface area contributed by atoms with E-state index in [1.807, 2.05) is 0 Å². The van der Waals surface area contributed by atoms with Gasteiger partial charge in [0.05, 0.1) is 36.6 Å². The molecule has 0 aromatic heterocycles. The van der Waals surface area contributed by atoms with E-state index in [9.17, 15) is 0 Å². The van der Waals surface area contributed by atoms with Crippen LogP contribution in [0, 0.1) is 0 Å². The molecule has 0 spiro atoms. The Morgan fingerprint density at radius 1 is 0.381 bits per heavy atom. The lowest BCUT2D eigenvalue weighted by Gasteiger charge is -2.55. The van der Waals surface area contributed by atoms with E-state index in [1.54, 1.807) is 0 Å². The molecule has 0 N–H and O–H groups in total. The molecule has 0 aromatic carbocycles. The molecule has 3 saturated heterocycles. The van der Waals surface area contributed by atoms with Crippen molar-refractivity contribution >= 4 is 0 Å². The highest BCUT2D eigenvalue weighted by Gasteiger charge is 2.49. The van der Waals surface area contributed by atoms with Crippen molar-refractivity contribution in [1.82, 2.24) is 14.7 Å². The Kier molecular flexibility index (Phi) is 9.51. The molecule has 1 aliphatic carbocycles. The number of piperidine rings is 3. The van der Waals surface area contributed by atoms with Crippen LogP contribution in [0.1, 0.15) is 141 Å². The summed E-state index contributed by atoms with van der Waals surface area (Å²) in [4.78, 5) is 7.64. The van der Waals surface area contributed by atoms with Gasteiger partial charge in [0.1, 0.15) is 0 Å². The Labute approximate surface area is 260 Å². The van der Waals surface area contributed by atoms with Crippen molar-refractivity contribution in [1.29, 1.82) is 0 Å². The fraction of sp³-hybridized carbons (Fsp3) is 1.00. The maximum absolute atomic E-state index is 7.20. The van der Waals surface area contributed by atoms with E-state index in [-0.39, 0.29) is 69.9 Å². The van der Waals surface area contributed by atoms with Crippen LogP contribution in [-0.4, -0.2) is 106 Å². The fourth-order valence-electron chi connectivity index (χ4n) is 9.38. The second kappa shape index (κ2) is 11.5. The number of ether oxygens (including phenoxy) is 3. The van der Waals surface area contributed by atoms with E-state index in [0.717, 1.165) is 57.8 Å². The largest absolute Gasteiger partial charge is 0.375 e. The summed E-state index contributed by atoms with van der Waals surface area (Å²) in [6.45, 7) is 28.5. The van der Waals surface area contributed by atoms with Crippen LogP contribution in [0.5, 0.6) is 0 Å². The molecule has 6 nitrogen and oxygen atoms in total. The highest BCUT2D eigenvalue weighted by molar-refractivity contribution is 5.03. The summed E-state index contributed by atoms with van der Waals surface area (Å²) in [6.07, 6.45) is 10.6. The van der Waals surface area contributed by atoms with Gasteiger partial charge in [-0.05, 0) is 156 Å². The van der Waals surface area contributed by atoms with E-state index >= 15 is 0 Å². The average molecular weight is 592 g/mol. The SMILES string of the molecule is CN1C(C)(C)CC(OC2CCC(OC3CC(C)(C)N(C)C(C)(C)C3)C(OC3CC(C)(C)N(C)C(C)(C)C3)C2)CC1(C)C. The molecule has 42 heavy (non-hydrogen) atoms. The molecule has 0 radical (unpaired) electrons. The van der Waals surface area contributed by atoms with Crippen LogP contribution in [0.25, 0.3) is 0 Å². The van der Waals surface area contributed by atoms with Crippen LogP contribution < -0.4 is 0 Å². The van der Waals surface area contributed by atoms with Gasteiger partial charge in [0, 0.05) is 39.7 Å². The van der Waals surface area contributed by atoms with Crippen molar-refractivity contribution in [2.45, 2.75) is 211 Å². The first-order chi connectivity index (χ1) is 19.0. The van der Waals surface area contributed by atoms with E-state index < -0.39 is 0 Å². The summed E-state index contributed by atoms with van der Waals surface area (Å²) in [5.74, 6) is 0. The summed E-state index contributed by atoms with van der Waals surface area (Å²) in [5, 5.41) is 0. The van der Waals surface area contributed by atoms with Crippen molar-refractivity contribution in [2.75, 3.05) is 21.1 Å². The number of rotatable bonds is 6. The molecule has 0 bridgehead atoms. The molecule has 3 heterocycles. The molecule has 4 aliphatic rings. The van der Waals surface area contributed by atoms with Crippen molar-refractivity contribution < 1.29 is 14.2 Å². The lowest BCUT2D eigenvalue weighted by Crippen LogP contribution is -2.62. The lowest BCUT2D eigenvalue weighted by molar-refractivity contribution is -0.206. The Bertz CT molecular complexity index is 887. The Hall–Kier alpha value is -0.240. The van der Waals surface area contributed by atoms with Gasteiger partial charge in [-0.1, -0.05) is 0 Å². The quantitative estimate of drug-likeness (QED) is 0.323. The predicted octanol–water partition coefficient (Wildman–Crippen LogP) is 7.28. The van der Waals surface area contributed by atoms with Crippen LogP contribution in [-0.2, 0) is 14.2 Å². The Balaban J connectivity index is 1.51. The molecular weight excluding hydrogens is 522 g/mol. The topological polar surface area (TPSA) is 37.4 Å². The van der Waals surface area contributed by atoms with Crippen molar-refractivity contribution in [2.24, 2.45) is 0 Å². The van der Waals surface area contributed by atoms with Crippen molar-refractivity contribution in [3.63, 3.8) is 0 Å². The summed E-state index contributed by atoms with van der Waals surface area (Å²) in [7, 11) is 6.83. The molecule has 3 unspecified atom stereocenters. The summed E-state index contributed by atoms with van der Waals surface area (Å²) in [6, 6.07) is 0. The highest BCUT2D eigenvalue weighted by Crippen LogP contribution is 2.44. The summed E-state index contributed by atoms with van der Waals surface area (Å²) in [5.41, 5.74) is 0.669. The predicted molar refractivity (Wildman–Crippen MR) is 175 cm³/mol. The van der Waals surface area contributed by atoms with E-state index in [0.29, 0.717) is 0 Å². The minimum absolute atomic E-state index is 0.0712. The van der Waals surface area contributed by atoms with Crippen LogP contribution in [0.4, 0.5) is 0 Å². The number of hydrogen-bond acceptors (Lipinski definition) is 6. The minimum atomic E-state index is 0.0712. The van der Waals surface area contributed by atoms with Crippen LogP contribution in [0.3, 0.4) is 0 Å². The first kappa shape index (κ1) is 34.6. The van der Waals surface area contributed by atoms with E-state index in [2.05, 4.69) is 119 Å².